The first-order chi connectivity index (χ1) is 13.7. The van der Waals surface area contributed by atoms with Gasteiger partial charge in [0.25, 0.3) is 5.56 Å². The van der Waals surface area contributed by atoms with Crippen molar-refractivity contribution >= 4 is 22.3 Å². The molecule has 0 fully saturated rings. The lowest BCUT2D eigenvalue weighted by molar-refractivity contribution is 0.414. The summed E-state index contributed by atoms with van der Waals surface area (Å²) in [5.74, 6) is 0.840. The van der Waals surface area contributed by atoms with Crippen molar-refractivity contribution in [3.63, 3.8) is 0 Å². The number of aromatic amines is 2. The highest BCUT2D eigenvalue weighted by Crippen LogP contribution is 2.45. The van der Waals surface area contributed by atoms with Gasteiger partial charge in [0.2, 0.25) is 0 Å². The first kappa shape index (κ1) is 16.4. The van der Waals surface area contributed by atoms with E-state index >= 15 is 0 Å². The molecule has 28 heavy (non-hydrogen) atoms. The first-order valence-corrected chi connectivity index (χ1v) is 8.95. The zero-order valence-corrected chi connectivity index (χ0v) is 15.1. The van der Waals surface area contributed by atoms with Crippen molar-refractivity contribution in [2.24, 2.45) is 0 Å². The molecule has 0 amide bonds. The van der Waals surface area contributed by atoms with Gasteiger partial charge in [0, 0.05) is 11.6 Å². The minimum Gasteiger partial charge on any atom is -0.497 e. The summed E-state index contributed by atoms with van der Waals surface area (Å²) >= 11 is 0. The van der Waals surface area contributed by atoms with Gasteiger partial charge in [-0.15, -0.1) is 0 Å². The van der Waals surface area contributed by atoms with Crippen LogP contribution in [-0.2, 0) is 0 Å². The van der Waals surface area contributed by atoms with Crippen molar-refractivity contribution in [3.8, 4) is 5.75 Å². The van der Waals surface area contributed by atoms with Crippen LogP contribution < -0.4 is 21.3 Å². The minimum absolute atomic E-state index is 0.330. The van der Waals surface area contributed by atoms with Crippen LogP contribution in [0.4, 0.5) is 11.5 Å². The zero-order valence-electron chi connectivity index (χ0n) is 15.1. The predicted octanol–water partition coefficient (Wildman–Crippen LogP) is 3.46. The SMILES string of the molecule is COc1ccc([C@@H]2c3c([nH]c(=O)[nH]c3=O)Nc3ccc4ccccc4c32)cc1. The third-order valence-electron chi connectivity index (χ3n) is 5.24. The molecular weight excluding hydrogens is 354 g/mol. The van der Waals surface area contributed by atoms with E-state index in [1.54, 1.807) is 7.11 Å². The fourth-order valence-corrected chi connectivity index (χ4v) is 3.99. The van der Waals surface area contributed by atoms with Crippen molar-refractivity contribution in [2.45, 2.75) is 5.92 Å². The highest BCUT2D eigenvalue weighted by Gasteiger charge is 2.32. The van der Waals surface area contributed by atoms with E-state index in [1.165, 1.54) is 0 Å². The van der Waals surface area contributed by atoms with Crippen molar-refractivity contribution in [2.75, 3.05) is 12.4 Å². The van der Waals surface area contributed by atoms with E-state index in [0.29, 0.717) is 11.4 Å². The Kier molecular flexibility index (Phi) is 3.58. The first-order valence-electron chi connectivity index (χ1n) is 8.95. The molecule has 3 N–H and O–H groups in total. The van der Waals surface area contributed by atoms with E-state index < -0.39 is 11.2 Å². The average molecular weight is 371 g/mol. The van der Waals surface area contributed by atoms with Crippen LogP contribution in [0.2, 0.25) is 0 Å². The molecule has 0 spiro atoms. The Bertz CT molecular complexity index is 1320. The van der Waals surface area contributed by atoms with Crippen LogP contribution in [0.5, 0.6) is 5.75 Å². The monoisotopic (exact) mass is 371 g/mol. The lowest BCUT2D eigenvalue weighted by Gasteiger charge is -2.29. The second kappa shape index (κ2) is 6.13. The third-order valence-corrected chi connectivity index (χ3v) is 5.24. The Labute approximate surface area is 159 Å². The van der Waals surface area contributed by atoms with Crippen LogP contribution in [0.15, 0.2) is 70.3 Å². The highest BCUT2D eigenvalue weighted by atomic mass is 16.5. The number of hydrogen-bond acceptors (Lipinski definition) is 4. The van der Waals surface area contributed by atoms with Crippen molar-refractivity contribution in [1.29, 1.82) is 0 Å². The molecule has 1 aliphatic heterocycles. The molecule has 0 radical (unpaired) electrons. The summed E-state index contributed by atoms with van der Waals surface area (Å²) < 4.78 is 5.28. The topological polar surface area (TPSA) is 87.0 Å². The van der Waals surface area contributed by atoms with Crippen LogP contribution in [-0.4, -0.2) is 17.1 Å². The molecule has 6 heteroatoms. The molecule has 2 heterocycles. The average Bonchev–Trinajstić information content (AvgIpc) is 2.72. The number of fused-ring (bicyclic) bond motifs is 4. The van der Waals surface area contributed by atoms with Gasteiger partial charge in [-0.25, -0.2) is 4.79 Å². The Morgan fingerprint density at radius 2 is 1.64 bits per heavy atom. The van der Waals surface area contributed by atoms with Gasteiger partial charge in [-0.1, -0.05) is 42.5 Å². The molecule has 138 valence electrons. The fourth-order valence-electron chi connectivity index (χ4n) is 3.99. The number of aromatic nitrogens is 2. The summed E-state index contributed by atoms with van der Waals surface area (Å²) in [4.78, 5) is 29.7. The molecular formula is C22H17N3O3. The number of methoxy groups -OCH3 is 1. The third kappa shape index (κ3) is 2.42. The van der Waals surface area contributed by atoms with Gasteiger partial charge < -0.3 is 10.1 Å². The van der Waals surface area contributed by atoms with E-state index in [9.17, 15) is 9.59 Å². The maximum absolute atomic E-state index is 12.8. The molecule has 4 aromatic rings. The predicted molar refractivity (Wildman–Crippen MR) is 109 cm³/mol. The van der Waals surface area contributed by atoms with Gasteiger partial charge >= 0.3 is 5.69 Å². The minimum atomic E-state index is -0.533. The normalized spacial score (nSPS) is 14.8. The molecule has 1 aromatic heterocycles. The van der Waals surface area contributed by atoms with Crippen LogP contribution in [0.3, 0.4) is 0 Å². The van der Waals surface area contributed by atoms with Gasteiger partial charge in [-0.2, -0.15) is 0 Å². The molecule has 0 bridgehead atoms. The Hall–Kier alpha value is -3.80. The second-order valence-electron chi connectivity index (χ2n) is 6.78. The molecule has 1 aliphatic rings. The van der Waals surface area contributed by atoms with Gasteiger partial charge in [-0.05, 0) is 40.1 Å². The smallest absolute Gasteiger partial charge is 0.327 e. The maximum atomic E-state index is 12.8. The van der Waals surface area contributed by atoms with Crippen LogP contribution >= 0.6 is 0 Å². The molecule has 0 unspecified atom stereocenters. The van der Waals surface area contributed by atoms with E-state index in [-0.39, 0.29) is 5.92 Å². The molecule has 1 atom stereocenters. The Morgan fingerprint density at radius 3 is 2.43 bits per heavy atom. The fraction of sp³-hybridized carbons (Fsp3) is 0.0909. The maximum Gasteiger partial charge on any atom is 0.327 e. The standard InChI is InChI=1S/C22H17N3O3/c1-28-14-9-6-13(7-10-14)17-18-15-5-3-2-4-12(15)8-11-16(18)23-20-19(17)21(26)25-22(27)24-20/h2-11,17H,1H3,(H3,23,24,25,26,27)/t17-/m0/s1. The number of rotatable bonds is 2. The summed E-state index contributed by atoms with van der Waals surface area (Å²) in [6.45, 7) is 0. The number of hydrogen-bond donors (Lipinski definition) is 3. The van der Waals surface area contributed by atoms with Gasteiger partial charge in [0.05, 0.1) is 12.7 Å². The van der Waals surface area contributed by atoms with Crippen LogP contribution in [0, 0.1) is 0 Å². The molecule has 5 rings (SSSR count). The molecule has 0 aliphatic carbocycles. The Balaban J connectivity index is 1.86. The Morgan fingerprint density at radius 1 is 0.857 bits per heavy atom. The number of anilines is 2. The quantitative estimate of drug-likeness (QED) is 0.443. The summed E-state index contributed by atoms with van der Waals surface area (Å²) in [7, 11) is 1.62. The summed E-state index contributed by atoms with van der Waals surface area (Å²) in [5, 5.41) is 5.38. The van der Waals surface area contributed by atoms with Crippen molar-refractivity contribution < 1.29 is 4.74 Å². The summed E-state index contributed by atoms with van der Waals surface area (Å²) in [6.07, 6.45) is 0. The zero-order chi connectivity index (χ0) is 19.3. The summed E-state index contributed by atoms with van der Waals surface area (Å²) in [6, 6.07) is 19.8. The number of H-pyrrole nitrogens is 2. The molecule has 3 aromatic carbocycles. The highest BCUT2D eigenvalue weighted by molar-refractivity contribution is 5.94. The van der Waals surface area contributed by atoms with E-state index in [0.717, 1.165) is 33.3 Å². The van der Waals surface area contributed by atoms with Gasteiger partial charge in [0.15, 0.2) is 0 Å². The number of benzene rings is 3. The molecule has 0 saturated heterocycles. The van der Waals surface area contributed by atoms with Crippen molar-refractivity contribution in [3.05, 3.63) is 98.2 Å². The number of ether oxygens (including phenoxy) is 1. The largest absolute Gasteiger partial charge is 0.497 e. The van der Waals surface area contributed by atoms with E-state index in [1.807, 2.05) is 54.6 Å². The molecule has 6 nitrogen and oxygen atoms in total. The van der Waals surface area contributed by atoms with Gasteiger partial charge in [0.1, 0.15) is 11.6 Å². The molecule has 0 saturated carbocycles. The lowest BCUT2D eigenvalue weighted by Crippen LogP contribution is -2.31. The van der Waals surface area contributed by atoms with Crippen LogP contribution in [0.25, 0.3) is 10.8 Å². The van der Waals surface area contributed by atoms with Crippen LogP contribution in [0.1, 0.15) is 22.6 Å². The van der Waals surface area contributed by atoms with E-state index in [2.05, 4.69) is 21.4 Å². The van der Waals surface area contributed by atoms with E-state index in [4.69, 9.17) is 4.74 Å². The number of nitrogens with one attached hydrogen (secondary N) is 3. The second-order valence-corrected chi connectivity index (χ2v) is 6.78. The lowest BCUT2D eigenvalue weighted by atomic mass is 9.80. The van der Waals surface area contributed by atoms with Gasteiger partial charge in [-0.3, -0.25) is 14.8 Å². The van der Waals surface area contributed by atoms with Crippen molar-refractivity contribution in [1.82, 2.24) is 9.97 Å². The summed E-state index contributed by atoms with van der Waals surface area (Å²) in [5.41, 5.74) is 2.38.